The molecule has 0 atom stereocenters. The number of hydrazone groups is 1. The van der Waals surface area contributed by atoms with Gasteiger partial charge in [-0.3, -0.25) is 4.98 Å². The predicted octanol–water partition coefficient (Wildman–Crippen LogP) is 3.75. The molecule has 0 amide bonds. The van der Waals surface area contributed by atoms with Crippen molar-refractivity contribution in [1.82, 2.24) is 10.4 Å². The maximum atomic E-state index is 4.30. The van der Waals surface area contributed by atoms with Crippen LogP contribution in [0.15, 0.2) is 29.6 Å². The van der Waals surface area contributed by atoms with Crippen LogP contribution in [0.1, 0.15) is 38.9 Å². The van der Waals surface area contributed by atoms with Crippen molar-refractivity contribution in [1.29, 1.82) is 0 Å². The molecule has 0 unspecified atom stereocenters. The molecule has 0 bridgehead atoms. The average molecular weight is 281 g/mol. The predicted molar refractivity (Wildman–Crippen MR) is 88.8 cm³/mol. The Morgan fingerprint density at radius 1 is 0.905 bits per heavy atom. The number of aromatic nitrogens is 1. The molecule has 3 nitrogen and oxygen atoms in total. The minimum Gasteiger partial charge on any atom is -0.306 e. The van der Waals surface area contributed by atoms with Crippen molar-refractivity contribution >= 4 is 6.21 Å². The van der Waals surface area contributed by atoms with Gasteiger partial charge < -0.3 is 5.43 Å². The number of benzene rings is 1. The van der Waals surface area contributed by atoms with Crippen LogP contribution in [0.3, 0.4) is 0 Å². The molecule has 1 heterocycles. The van der Waals surface area contributed by atoms with E-state index >= 15 is 0 Å². The molecule has 0 aliphatic carbocycles. The molecule has 0 spiro atoms. The van der Waals surface area contributed by atoms with Gasteiger partial charge in [0.25, 0.3) is 0 Å². The molecule has 0 fully saturated rings. The van der Waals surface area contributed by atoms with Crippen molar-refractivity contribution in [3.63, 3.8) is 0 Å². The summed E-state index contributed by atoms with van der Waals surface area (Å²) in [6.45, 7) is 11.7. The lowest BCUT2D eigenvalue weighted by atomic mass is 9.90. The Balaban J connectivity index is 2.13. The second kappa shape index (κ2) is 6.53. The molecule has 0 radical (unpaired) electrons. The molecular formula is C18H23N3. The fraction of sp³-hybridized carbons (Fsp3) is 0.333. The van der Waals surface area contributed by atoms with Gasteiger partial charge in [0, 0.05) is 12.4 Å². The Morgan fingerprint density at radius 2 is 1.43 bits per heavy atom. The third kappa shape index (κ3) is 3.30. The second-order valence-electron chi connectivity index (χ2n) is 5.48. The number of rotatable bonds is 4. The minimum absolute atomic E-state index is 0.751. The fourth-order valence-corrected chi connectivity index (χ4v) is 2.54. The van der Waals surface area contributed by atoms with E-state index in [1.54, 1.807) is 12.4 Å². The van der Waals surface area contributed by atoms with Gasteiger partial charge in [-0.25, -0.2) is 0 Å². The first-order valence-corrected chi connectivity index (χ1v) is 7.24. The first kappa shape index (κ1) is 15.2. The molecule has 0 saturated heterocycles. The maximum Gasteiger partial charge on any atom is 0.0585 e. The van der Waals surface area contributed by atoms with E-state index in [1.807, 2.05) is 18.3 Å². The molecule has 1 N–H and O–H groups in total. The van der Waals surface area contributed by atoms with Gasteiger partial charge in [0.05, 0.1) is 12.8 Å². The van der Waals surface area contributed by atoms with Crippen LogP contribution < -0.4 is 5.43 Å². The average Bonchev–Trinajstić information content (AvgIpc) is 2.51. The zero-order chi connectivity index (χ0) is 15.4. The molecule has 2 rings (SSSR count). The first-order valence-electron chi connectivity index (χ1n) is 7.24. The summed E-state index contributed by atoms with van der Waals surface area (Å²) in [7, 11) is 0. The van der Waals surface area contributed by atoms with Crippen molar-refractivity contribution in [3.8, 4) is 0 Å². The smallest absolute Gasteiger partial charge is 0.0585 e. The van der Waals surface area contributed by atoms with E-state index in [0.717, 1.165) is 12.1 Å². The highest BCUT2D eigenvalue weighted by atomic mass is 15.3. The highest BCUT2D eigenvalue weighted by molar-refractivity contribution is 5.78. The molecule has 1 aromatic heterocycles. The lowest BCUT2D eigenvalue weighted by molar-refractivity contribution is 0.737. The SMILES string of the molecule is Cc1c(C)c(C)c(CN/N=C/c2ccncc2)c(C)c1C. The molecule has 2 aromatic rings. The van der Waals surface area contributed by atoms with E-state index in [9.17, 15) is 0 Å². The highest BCUT2D eigenvalue weighted by Gasteiger charge is 2.11. The van der Waals surface area contributed by atoms with Crippen LogP contribution in [0.4, 0.5) is 0 Å². The molecule has 3 heteroatoms. The third-order valence-corrected chi connectivity index (χ3v) is 4.42. The molecule has 21 heavy (non-hydrogen) atoms. The fourth-order valence-electron chi connectivity index (χ4n) is 2.54. The van der Waals surface area contributed by atoms with Crippen LogP contribution in [0.25, 0.3) is 0 Å². The summed E-state index contributed by atoms with van der Waals surface area (Å²) in [6, 6.07) is 3.86. The van der Waals surface area contributed by atoms with Crippen LogP contribution in [0, 0.1) is 34.6 Å². The third-order valence-electron chi connectivity index (χ3n) is 4.42. The molecule has 1 aromatic carbocycles. The quantitative estimate of drug-likeness (QED) is 0.684. The van der Waals surface area contributed by atoms with Crippen LogP contribution in [-0.2, 0) is 6.54 Å². The van der Waals surface area contributed by atoms with E-state index in [0.29, 0.717) is 0 Å². The van der Waals surface area contributed by atoms with Gasteiger partial charge in [-0.1, -0.05) is 0 Å². The van der Waals surface area contributed by atoms with Crippen molar-refractivity contribution < 1.29 is 0 Å². The molecule has 110 valence electrons. The van der Waals surface area contributed by atoms with E-state index in [-0.39, 0.29) is 0 Å². The van der Waals surface area contributed by atoms with Crippen molar-refractivity contribution in [3.05, 3.63) is 63.5 Å². The Labute approximate surface area is 127 Å². The molecule has 0 saturated carbocycles. The van der Waals surface area contributed by atoms with Crippen LogP contribution in [-0.4, -0.2) is 11.2 Å². The number of hydrogen-bond donors (Lipinski definition) is 1. The zero-order valence-electron chi connectivity index (χ0n) is 13.5. The zero-order valence-corrected chi connectivity index (χ0v) is 13.5. The normalized spacial score (nSPS) is 11.1. The van der Waals surface area contributed by atoms with Gasteiger partial charge in [-0.05, 0) is 85.7 Å². The van der Waals surface area contributed by atoms with E-state index in [2.05, 4.69) is 50.1 Å². The Bertz CT molecular complexity index is 629. The van der Waals surface area contributed by atoms with Crippen molar-refractivity contribution in [2.75, 3.05) is 0 Å². The summed E-state index contributed by atoms with van der Waals surface area (Å²) in [6.07, 6.45) is 5.35. The molecule has 0 aliphatic rings. The van der Waals surface area contributed by atoms with Crippen LogP contribution >= 0.6 is 0 Å². The standard InChI is InChI=1S/C18H23N3/c1-12-13(2)15(4)18(16(5)14(12)3)11-21-20-10-17-6-8-19-9-7-17/h6-10,21H,11H2,1-5H3/b20-10+. The molecular weight excluding hydrogens is 258 g/mol. The Morgan fingerprint density at radius 3 is 2.00 bits per heavy atom. The highest BCUT2D eigenvalue weighted by Crippen LogP contribution is 2.25. The Kier molecular flexibility index (Phi) is 4.73. The summed E-state index contributed by atoms with van der Waals surface area (Å²) in [5.41, 5.74) is 12.4. The molecule has 0 aliphatic heterocycles. The maximum absolute atomic E-state index is 4.30. The summed E-state index contributed by atoms with van der Waals surface area (Å²) in [5.74, 6) is 0. The van der Waals surface area contributed by atoms with Gasteiger partial charge in [0.15, 0.2) is 0 Å². The lowest BCUT2D eigenvalue weighted by Gasteiger charge is -2.18. The van der Waals surface area contributed by atoms with E-state index in [1.165, 1.54) is 33.4 Å². The van der Waals surface area contributed by atoms with Crippen molar-refractivity contribution in [2.24, 2.45) is 5.10 Å². The summed E-state index contributed by atoms with van der Waals surface area (Å²) in [4.78, 5) is 3.99. The monoisotopic (exact) mass is 281 g/mol. The minimum atomic E-state index is 0.751. The first-order chi connectivity index (χ1) is 10.0. The topological polar surface area (TPSA) is 37.3 Å². The largest absolute Gasteiger partial charge is 0.306 e. The van der Waals surface area contributed by atoms with Gasteiger partial charge >= 0.3 is 0 Å². The number of nitrogens with one attached hydrogen (secondary N) is 1. The summed E-state index contributed by atoms with van der Waals surface area (Å²) >= 11 is 0. The lowest BCUT2D eigenvalue weighted by Crippen LogP contribution is -2.11. The Hall–Kier alpha value is -2.16. The van der Waals surface area contributed by atoms with Gasteiger partial charge in [-0.15, -0.1) is 0 Å². The number of hydrogen-bond acceptors (Lipinski definition) is 3. The van der Waals surface area contributed by atoms with E-state index < -0.39 is 0 Å². The summed E-state index contributed by atoms with van der Waals surface area (Å²) in [5, 5.41) is 4.30. The van der Waals surface area contributed by atoms with Gasteiger partial charge in [0.2, 0.25) is 0 Å². The van der Waals surface area contributed by atoms with Gasteiger partial charge in [-0.2, -0.15) is 5.10 Å². The van der Waals surface area contributed by atoms with Crippen LogP contribution in [0.5, 0.6) is 0 Å². The van der Waals surface area contributed by atoms with Crippen molar-refractivity contribution in [2.45, 2.75) is 41.2 Å². The van der Waals surface area contributed by atoms with Crippen LogP contribution in [0.2, 0.25) is 0 Å². The second-order valence-corrected chi connectivity index (χ2v) is 5.48. The number of nitrogens with zero attached hydrogens (tertiary/aromatic N) is 2. The number of pyridine rings is 1. The van der Waals surface area contributed by atoms with Gasteiger partial charge in [0.1, 0.15) is 0 Å². The summed E-state index contributed by atoms with van der Waals surface area (Å²) < 4.78 is 0. The van der Waals surface area contributed by atoms with E-state index in [4.69, 9.17) is 0 Å².